The second-order valence-corrected chi connectivity index (χ2v) is 9.39. The fraction of sp³-hybridized carbons (Fsp3) is 0.696. The highest BCUT2D eigenvalue weighted by atomic mass is 19.4. The van der Waals surface area contributed by atoms with E-state index in [0.29, 0.717) is 24.3 Å². The Balaban J connectivity index is 2.21. The zero-order valence-corrected chi connectivity index (χ0v) is 20.8. The molecule has 0 bridgehead atoms. The topological polar surface area (TPSA) is 122 Å². The normalized spacial score (nSPS) is 18.0. The van der Waals surface area contributed by atoms with Gasteiger partial charge in [0.15, 0.2) is 0 Å². The first-order valence-corrected chi connectivity index (χ1v) is 11.7. The molecule has 0 aromatic carbocycles. The molecule has 1 aromatic rings. The largest absolute Gasteiger partial charge is 0.452 e. The molecule has 0 radical (unpaired) electrons. The number of Topliss-reactive ketones (excluding diaryl/α,β-unsaturated/α-hetero) is 1. The van der Waals surface area contributed by atoms with E-state index in [1.807, 2.05) is 0 Å². The van der Waals surface area contributed by atoms with Crippen LogP contribution in [0.25, 0.3) is 0 Å². The Hall–Kier alpha value is -2.92. The van der Waals surface area contributed by atoms with Crippen LogP contribution in [0.3, 0.4) is 0 Å². The first-order valence-electron chi connectivity index (χ1n) is 11.7. The number of rotatable bonds is 9. The van der Waals surface area contributed by atoms with Crippen molar-refractivity contribution in [1.82, 2.24) is 20.7 Å². The lowest BCUT2D eigenvalue weighted by Crippen LogP contribution is -2.58. The van der Waals surface area contributed by atoms with Crippen LogP contribution in [0.1, 0.15) is 69.3 Å². The molecule has 2 N–H and O–H groups in total. The molecule has 12 heteroatoms. The van der Waals surface area contributed by atoms with E-state index in [-0.39, 0.29) is 24.4 Å². The number of alkyl halides is 3. The van der Waals surface area contributed by atoms with Crippen molar-refractivity contribution >= 4 is 23.5 Å². The van der Waals surface area contributed by atoms with Crippen LogP contribution in [0.15, 0.2) is 4.52 Å². The van der Waals surface area contributed by atoms with Crippen molar-refractivity contribution in [2.75, 3.05) is 6.54 Å². The maximum atomic E-state index is 13.4. The second-order valence-electron chi connectivity index (χ2n) is 9.39. The molecule has 1 aliphatic heterocycles. The summed E-state index contributed by atoms with van der Waals surface area (Å²) in [6.45, 7) is 9.84. The zero-order valence-electron chi connectivity index (χ0n) is 20.8. The van der Waals surface area contributed by atoms with Gasteiger partial charge in [0.05, 0.1) is 11.7 Å². The van der Waals surface area contributed by atoms with E-state index < -0.39 is 53.7 Å². The summed E-state index contributed by atoms with van der Waals surface area (Å²) < 4.78 is 44.1. The molecule has 196 valence electrons. The molecule has 0 aliphatic carbocycles. The van der Waals surface area contributed by atoms with Crippen molar-refractivity contribution < 1.29 is 36.9 Å². The highest BCUT2D eigenvalue weighted by Gasteiger charge is 2.46. The standard InChI is InChI=1S/C23H33F3N4O5/c1-7-14-16(13(6)35-29-14)21(33)28-18(12(4)5)22(34)30-10-8-9-15(30)20(32)27-17(11(2)3)19(31)23(24,25)26/h11-12,15,17-18H,7-10H2,1-6H3,(H,27,32)(H,28,33)/t15-,17-,18-/m0/s1. The van der Waals surface area contributed by atoms with Gasteiger partial charge >= 0.3 is 6.18 Å². The average molecular weight is 503 g/mol. The lowest BCUT2D eigenvalue weighted by Gasteiger charge is -2.31. The van der Waals surface area contributed by atoms with Gasteiger partial charge in [-0.25, -0.2) is 0 Å². The van der Waals surface area contributed by atoms with Gasteiger partial charge in [0.1, 0.15) is 23.4 Å². The summed E-state index contributed by atoms with van der Waals surface area (Å²) in [4.78, 5) is 52.3. The van der Waals surface area contributed by atoms with Crippen LogP contribution in [-0.4, -0.2) is 64.4 Å². The summed E-state index contributed by atoms with van der Waals surface area (Å²) >= 11 is 0. The van der Waals surface area contributed by atoms with Gasteiger partial charge in [0.2, 0.25) is 11.8 Å². The van der Waals surface area contributed by atoms with Crippen LogP contribution in [0.4, 0.5) is 13.2 Å². The smallest absolute Gasteiger partial charge is 0.361 e. The minimum atomic E-state index is -5.10. The van der Waals surface area contributed by atoms with Gasteiger partial charge in [-0.2, -0.15) is 13.2 Å². The van der Waals surface area contributed by atoms with Crippen LogP contribution in [-0.2, 0) is 20.8 Å². The number of hydrogen-bond acceptors (Lipinski definition) is 6. The fourth-order valence-electron chi connectivity index (χ4n) is 4.12. The van der Waals surface area contributed by atoms with Gasteiger partial charge in [0.25, 0.3) is 11.7 Å². The highest BCUT2D eigenvalue weighted by molar-refractivity contribution is 6.00. The number of carbonyl (C=O) groups is 4. The van der Waals surface area contributed by atoms with E-state index >= 15 is 0 Å². The first-order chi connectivity index (χ1) is 16.2. The molecule has 0 saturated carbocycles. The van der Waals surface area contributed by atoms with Gasteiger partial charge in [-0.05, 0) is 38.0 Å². The molecule has 1 aromatic heterocycles. The monoisotopic (exact) mass is 502 g/mol. The molecule has 3 amide bonds. The van der Waals surface area contributed by atoms with E-state index in [0.717, 1.165) is 0 Å². The Bertz CT molecular complexity index is 957. The van der Waals surface area contributed by atoms with Crippen molar-refractivity contribution in [3.63, 3.8) is 0 Å². The summed E-state index contributed by atoms with van der Waals surface area (Å²) in [6.07, 6.45) is -3.97. The Labute approximate surface area is 202 Å². The number of aryl methyl sites for hydroxylation is 2. The Morgan fingerprint density at radius 2 is 1.69 bits per heavy atom. The predicted molar refractivity (Wildman–Crippen MR) is 119 cm³/mol. The van der Waals surface area contributed by atoms with Crippen molar-refractivity contribution in [3.8, 4) is 0 Å². The number of carbonyl (C=O) groups excluding carboxylic acids is 4. The van der Waals surface area contributed by atoms with Gasteiger partial charge in [-0.3, -0.25) is 19.2 Å². The molecule has 1 fully saturated rings. The number of amides is 3. The van der Waals surface area contributed by atoms with Crippen LogP contribution in [0.2, 0.25) is 0 Å². The number of ketones is 1. The molecule has 2 heterocycles. The minimum absolute atomic E-state index is 0.197. The van der Waals surface area contributed by atoms with Gasteiger partial charge in [-0.15, -0.1) is 0 Å². The quantitative estimate of drug-likeness (QED) is 0.535. The number of nitrogens with one attached hydrogen (secondary N) is 2. The van der Waals surface area contributed by atoms with E-state index in [1.54, 1.807) is 27.7 Å². The van der Waals surface area contributed by atoms with Crippen molar-refractivity contribution in [3.05, 3.63) is 17.0 Å². The third-order valence-corrected chi connectivity index (χ3v) is 6.08. The maximum Gasteiger partial charge on any atom is 0.452 e. The maximum absolute atomic E-state index is 13.4. The molecule has 0 spiro atoms. The third-order valence-electron chi connectivity index (χ3n) is 6.08. The second kappa shape index (κ2) is 11.2. The minimum Gasteiger partial charge on any atom is -0.361 e. The van der Waals surface area contributed by atoms with Crippen LogP contribution < -0.4 is 10.6 Å². The molecule has 1 saturated heterocycles. The number of halogens is 3. The van der Waals surface area contributed by atoms with Crippen molar-refractivity contribution in [1.29, 1.82) is 0 Å². The summed E-state index contributed by atoms with van der Waals surface area (Å²) in [5.41, 5.74) is 0.689. The van der Waals surface area contributed by atoms with Crippen LogP contribution in [0, 0.1) is 18.8 Å². The van der Waals surface area contributed by atoms with Gasteiger partial charge < -0.3 is 20.1 Å². The van der Waals surface area contributed by atoms with Gasteiger partial charge in [0, 0.05) is 6.54 Å². The molecular formula is C23H33F3N4O5. The number of likely N-dealkylation sites (tertiary alicyclic amines) is 1. The van der Waals surface area contributed by atoms with E-state index in [2.05, 4.69) is 15.8 Å². The average Bonchev–Trinajstić information content (AvgIpc) is 3.40. The third kappa shape index (κ3) is 6.40. The van der Waals surface area contributed by atoms with Crippen molar-refractivity contribution in [2.45, 2.75) is 85.1 Å². The Morgan fingerprint density at radius 1 is 1.09 bits per heavy atom. The Kier molecular flexibility index (Phi) is 9.07. The molecule has 1 aliphatic rings. The van der Waals surface area contributed by atoms with Crippen molar-refractivity contribution in [2.24, 2.45) is 11.8 Å². The summed E-state index contributed by atoms with van der Waals surface area (Å²) in [6, 6.07) is -3.80. The number of hydrogen-bond donors (Lipinski definition) is 2. The summed E-state index contributed by atoms with van der Waals surface area (Å²) in [5.74, 6) is -4.78. The van der Waals surface area contributed by atoms with E-state index in [9.17, 15) is 32.3 Å². The zero-order chi connectivity index (χ0) is 26.7. The molecule has 35 heavy (non-hydrogen) atoms. The van der Waals surface area contributed by atoms with E-state index in [1.165, 1.54) is 18.7 Å². The molecule has 2 rings (SSSR count). The molecular weight excluding hydrogens is 469 g/mol. The summed E-state index contributed by atoms with van der Waals surface area (Å²) in [7, 11) is 0. The first kappa shape index (κ1) is 28.3. The number of nitrogens with zero attached hydrogens (tertiary/aromatic N) is 2. The predicted octanol–water partition coefficient (Wildman–Crippen LogP) is 2.56. The summed E-state index contributed by atoms with van der Waals surface area (Å²) in [5, 5.41) is 8.74. The molecule has 3 atom stereocenters. The fourth-order valence-corrected chi connectivity index (χ4v) is 4.12. The van der Waals surface area contributed by atoms with E-state index in [4.69, 9.17) is 4.52 Å². The van der Waals surface area contributed by atoms with Crippen LogP contribution >= 0.6 is 0 Å². The SMILES string of the molecule is CCc1noc(C)c1C(=O)N[C@H](C(=O)N1CCC[C@H]1C(=O)N[C@H](C(=O)C(F)(F)F)C(C)C)C(C)C. The molecule has 9 nitrogen and oxygen atoms in total. The lowest BCUT2D eigenvalue weighted by atomic mass is 9.98. The number of aromatic nitrogens is 1. The van der Waals surface area contributed by atoms with Crippen LogP contribution in [0.5, 0.6) is 0 Å². The molecule has 0 unspecified atom stereocenters. The Morgan fingerprint density at radius 3 is 2.20 bits per heavy atom. The van der Waals surface area contributed by atoms with Gasteiger partial charge in [-0.1, -0.05) is 39.8 Å². The lowest BCUT2D eigenvalue weighted by molar-refractivity contribution is -0.175. The highest BCUT2D eigenvalue weighted by Crippen LogP contribution is 2.24.